The van der Waals surface area contributed by atoms with Crippen LogP contribution >= 0.6 is 0 Å². The van der Waals surface area contributed by atoms with Gasteiger partial charge in [0.15, 0.2) is 5.82 Å². The predicted molar refractivity (Wildman–Crippen MR) is 171 cm³/mol. The first-order valence-corrected chi connectivity index (χ1v) is 14.2. The van der Waals surface area contributed by atoms with Crippen molar-refractivity contribution in [2.24, 2.45) is 0 Å². The van der Waals surface area contributed by atoms with Gasteiger partial charge in [0, 0.05) is 22.1 Å². The van der Waals surface area contributed by atoms with E-state index in [1.165, 1.54) is 38.2 Å². The van der Waals surface area contributed by atoms with Gasteiger partial charge in [-0.2, -0.15) is 0 Å². The van der Waals surface area contributed by atoms with Crippen LogP contribution < -0.4 is 0 Å². The number of hydrogen-bond acceptors (Lipinski definition) is 2. The Morgan fingerprint density at radius 2 is 1.12 bits per heavy atom. The smallest absolute Gasteiger partial charge is 0.160 e. The van der Waals surface area contributed by atoms with Crippen LogP contribution in [0.25, 0.3) is 66.4 Å². The maximum Gasteiger partial charge on any atom is 0.160 e. The van der Waals surface area contributed by atoms with Crippen LogP contribution in [0.15, 0.2) is 133 Å². The Labute approximate surface area is 240 Å². The van der Waals surface area contributed by atoms with Gasteiger partial charge in [-0.05, 0) is 62.0 Å². The van der Waals surface area contributed by atoms with Crippen molar-refractivity contribution in [2.75, 3.05) is 0 Å². The van der Waals surface area contributed by atoms with Gasteiger partial charge in [-0.1, -0.05) is 129 Å². The molecular weight excluding hydrogens is 496 g/mol. The van der Waals surface area contributed by atoms with Crippen molar-refractivity contribution >= 4 is 21.5 Å². The Balaban J connectivity index is 1.44. The second-order valence-corrected chi connectivity index (χ2v) is 11.5. The van der Waals surface area contributed by atoms with Gasteiger partial charge in [0.05, 0.1) is 11.4 Å². The van der Waals surface area contributed by atoms with Crippen molar-refractivity contribution < 1.29 is 0 Å². The molecule has 8 rings (SSSR count). The van der Waals surface area contributed by atoms with E-state index in [-0.39, 0.29) is 5.41 Å². The molecule has 6 aromatic carbocycles. The molecule has 0 saturated heterocycles. The normalized spacial score (nSPS) is 13.3. The summed E-state index contributed by atoms with van der Waals surface area (Å²) in [5.41, 5.74) is 9.99. The molecule has 0 atom stereocenters. The molecule has 194 valence electrons. The number of fused-ring (bicyclic) bond motifs is 5. The van der Waals surface area contributed by atoms with Crippen molar-refractivity contribution in [1.82, 2.24) is 9.97 Å². The van der Waals surface area contributed by atoms with Crippen LogP contribution in [0.1, 0.15) is 25.1 Å². The molecule has 41 heavy (non-hydrogen) atoms. The molecule has 1 aliphatic rings. The van der Waals surface area contributed by atoms with Crippen LogP contribution in [0.4, 0.5) is 0 Å². The molecule has 1 aromatic heterocycles. The van der Waals surface area contributed by atoms with Crippen LogP contribution in [-0.4, -0.2) is 9.97 Å². The molecule has 2 heteroatoms. The van der Waals surface area contributed by atoms with Gasteiger partial charge in [-0.15, -0.1) is 0 Å². The van der Waals surface area contributed by atoms with Crippen LogP contribution in [0.2, 0.25) is 0 Å². The van der Waals surface area contributed by atoms with E-state index in [2.05, 4.69) is 147 Å². The fourth-order valence-corrected chi connectivity index (χ4v) is 6.48. The van der Waals surface area contributed by atoms with E-state index in [1.54, 1.807) is 0 Å². The third kappa shape index (κ3) is 3.72. The summed E-state index contributed by atoms with van der Waals surface area (Å²) in [6.07, 6.45) is 0. The molecule has 0 unspecified atom stereocenters. The molecule has 0 saturated carbocycles. The van der Waals surface area contributed by atoms with E-state index < -0.39 is 0 Å². The number of aromatic nitrogens is 2. The molecule has 0 spiro atoms. The van der Waals surface area contributed by atoms with Crippen LogP contribution in [0.3, 0.4) is 0 Å². The number of benzene rings is 6. The zero-order valence-corrected chi connectivity index (χ0v) is 23.1. The Morgan fingerprint density at radius 1 is 0.488 bits per heavy atom. The van der Waals surface area contributed by atoms with E-state index in [9.17, 15) is 0 Å². The minimum Gasteiger partial charge on any atom is -0.231 e. The summed E-state index contributed by atoms with van der Waals surface area (Å²) in [5, 5.41) is 4.90. The van der Waals surface area contributed by atoms with Gasteiger partial charge in [0.2, 0.25) is 0 Å². The summed E-state index contributed by atoms with van der Waals surface area (Å²) in [7, 11) is 0. The SMILES string of the molecule is CC1(C)c2cc3ccccc3cc2-c2c(-c3cccc4ccccc34)nc(-c3cccc(-c4ccccc4)c3)nc21. The minimum atomic E-state index is -0.275. The molecule has 0 bridgehead atoms. The topological polar surface area (TPSA) is 25.8 Å². The van der Waals surface area contributed by atoms with E-state index >= 15 is 0 Å². The Bertz CT molecular complexity index is 2120. The number of rotatable bonds is 3. The maximum absolute atomic E-state index is 5.40. The summed E-state index contributed by atoms with van der Waals surface area (Å²) >= 11 is 0. The van der Waals surface area contributed by atoms with Gasteiger partial charge in [0.1, 0.15) is 0 Å². The first kappa shape index (κ1) is 23.8. The van der Waals surface area contributed by atoms with Crippen molar-refractivity contribution in [1.29, 1.82) is 0 Å². The van der Waals surface area contributed by atoms with E-state index in [0.29, 0.717) is 0 Å². The first-order valence-electron chi connectivity index (χ1n) is 14.2. The highest BCUT2D eigenvalue weighted by Crippen LogP contribution is 2.53. The second-order valence-electron chi connectivity index (χ2n) is 11.5. The van der Waals surface area contributed by atoms with E-state index in [1.807, 2.05) is 0 Å². The van der Waals surface area contributed by atoms with Crippen LogP contribution in [0.5, 0.6) is 0 Å². The lowest BCUT2D eigenvalue weighted by atomic mass is 9.84. The van der Waals surface area contributed by atoms with Crippen molar-refractivity contribution in [2.45, 2.75) is 19.3 Å². The summed E-state index contributed by atoms with van der Waals surface area (Å²) in [4.78, 5) is 10.8. The summed E-state index contributed by atoms with van der Waals surface area (Å²) in [6, 6.07) is 47.6. The highest BCUT2D eigenvalue weighted by atomic mass is 14.9. The third-order valence-electron chi connectivity index (χ3n) is 8.60. The average molecular weight is 525 g/mol. The number of nitrogens with zero attached hydrogens (tertiary/aromatic N) is 2. The summed E-state index contributed by atoms with van der Waals surface area (Å²) in [5.74, 6) is 0.759. The molecular formula is C39H28N2. The zero-order chi connectivity index (χ0) is 27.6. The summed E-state index contributed by atoms with van der Waals surface area (Å²) < 4.78 is 0. The largest absolute Gasteiger partial charge is 0.231 e. The Hall–Kier alpha value is -5.08. The van der Waals surface area contributed by atoms with Crippen molar-refractivity contribution in [3.63, 3.8) is 0 Å². The lowest BCUT2D eigenvalue weighted by molar-refractivity contribution is 0.637. The number of hydrogen-bond donors (Lipinski definition) is 0. The predicted octanol–water partition coefficient (Wildman–Crippen LogP) is 10.1. The monoisotopic (exact) mass is 524 g/mol. The van der Waals surface area contributed by atoms with E-state index in [0.717, 1.165) is 39.5 Å². The quantitative estimate of drug-likeness (QED) is 0.230. The molecule has 2 nitrogen and oxygen atoms in total. The third-order valence-corrected chi connectivity index (χ3v) is 8.60. The van der Waals surface area contributed by atoms with Crippen LogP contribution in [-0.2, 0) is 5.41 Å². The highest BCUT2D eigenvalue weighted by Gasteiger charge is 2.40. The average Bonchev–Trinajstić information content (AvgIpc) is 3.25. The Kier molecular flexibility index (Phi) is 5.20. The standard InChI is InChI=1S/C39H28N2/c1-39(2)34-24-29-16-7-6-15-28(29)23-33(34)35-36(32-21-11-17-26-14-8-9-20-31(26)32)40-38(41-37(35)39)30-19-10-18-27(22-30)25-12-4-3-5-13-25/h3-24H,1-2H3. The lowest BCUT2D eigenvalue weighted by Gasteiger charge is -2.21. The molecule has 1 heterocycles. The van der Waals surface area contributed by atoms with E-state index in [4.69, 9.17) is 9.97 Å². The molecule has 0 aliphatic heterocycles. The fraction of sp³-hybridized carbons (Fsp3) is 0.0769. The molecule has 1 aliphatic carbocycles. The lowest BCUT2D eigenvalue weighted by Crippen LogP contribution is -2.17. The molecule has 7 aromatic rings. The molecule has 0 amide bonds. The highest BCUT2D eigenvalue weighted by molar-refractivity contribution is 6.03. The van der Waals surface area contributed by atoms with Crippen molar-refractivity contribution in [3.05, 3.63) is 145 Å². The molecule has 0 N–H and O–H groups in total. The van der Waals surface area contributed by atoms with Gasteiger partial charge in [0.25, 0.3) is 0 Å². The van der Waals surface area contributed by atoms with Gasteiger partial charge < -0.3 is 0 Å². The van der Waals surface area contributed by atoms with Gasteiger partial charge in [-0.3, -0.25) is 0 Å². The van der Waals surface area contributed by atoms with Crippen LogP contribution in [0, 0.1) is 0 Å². The maximum atomic E-state index is 5.40. The zero-order valence-electron chi connectivity index (χ0n) is 23.1. The Morgan fingerprint density at radius 3 is 1.95 bits per heavy atom. The first-order chi connectivity index (χ1) is 20.1. The van der Waals surface area contributed by atoms with Gasteiger partial charge in [-0.25, -0.2) is 9.97 Å². The fourth-order valence-electron chi connectivity index (χ4n) is 6.48. The minimum absolute atomic E-state index is 0.275. The van der Waals surface area contributed by atoms with Crippen molar-refractivity contribution in [3.8, 4) is 44.9 Å². The summed E-state index contributed by atoms with van der Waals surface area (Å²) in [6.45, 7) is 4.60. The second kappa shape index (κ2) is 8.97. The molecule has 0 fully saturated rings. The van der Waals surface area contributed by atoms with Gasteiger partial charge >= 0.3 is 0 Å². The molecule has 0 radical (unpaired) electrons.